The maximum absolute atomic E-state index is 11.4. The zero-order chi connectivity index (χ0) is 13.4. The van der Waals surface area contributed by atoms with E-state index in [9.17, 15) is 9.59 Å². The fraction of sp³-hybridized carbons (Fsp3) is 0.308. The Bertz CT molecular complexity index is 451. The molecule has 0 fully saturated rings. The van der Waals surface area contributed by atoms with E-state index in [0.717, 1.165) is 5.56 Å². The second-order valence-electron chi connectivity index (χ2n) is 3.91. The van der Waals surface area contributed by atoms with Crippen LogP contribution in [0.15, 0.2) is 30.3 Å². The number of benzene rings is 1. The van der Waals surface area contributed by atoms with Gasteiger partial charge in [0.05, 0.1) is 6.07 Å². The summed E-state index contributed by atoms with van der Waals surface area (Å²) in [5.41, 5.74) is 1.09. The van der Waals surface area contributed by atoms with Crippen LogP contribution >= 0.6 is 0 Å². The predicted molar refractivity (Wildman–Crippen MR) is 66.4 cm³/mol. The van der Waals surface area contributed by atoms with Gasteiger partial charge in [-0.15, -0.1) is 0 Å². The third-order valence-corrected chi connectivity index (χ3v) is 2.30. The standard InChI is InChI=1S/C13H15N3O2/c1-10(9-11-5-3-2-4-6-11)16-13(18)12(17)15-8-7-14/h2-6,10H,8-9H2,1H3,(H,15,17)(H,16,18). The molecule has 0 aliphatic heterocycles. The van der Waals surface area contributed by atoms with Crippen molar-refractivity contribution in [2.45, 2.75) is 19.4 Å². The molecule has 0 bridgehead atoms. The molecular weight excluding hydrogens is 230 g/mol. The van der Waals surface area contributed by atoms with Gasteiger partial charge in [-0.05, 0) is 18.9 Å². The Hall–Kier alpha value is -2.35. The van der Waals surface area contributed by atoms with Gasteiger partial charge < -0.3 is 10.6 Å². The first-order valence-electron chi connectivity index (χ1n) is 5.63. The monoisotopic (exact) mass is 245 g/mol. The molecule has 0 aliphatic carbocycles. The van der Waals surface area contributed by atoms with Crippen molar-refractivity contribution < 1.29 is 9.59 Å². The van der Waals surface area contributed by atoms with Crippen molar-refractivity contribution in [1.29, 1.82) is 5.26 Å². The molecule has 1 aromatic rings. The summed E-state index contributed by atoms with van der Waals surface area (Å²) < 4.78 is 0. The summed E-state index contributed by atoms with van der Waals surface area (Å²) >= 11 is 0. The van der Waals surface area contributed by atoms with Crippen molar-refractivity contribution in [2.75, 3.05) is 6.54 Å². The highest BCUT2D eigenvalue weighted by Crippen LogP contribution is 2.02. The Kier molecular flexibility index (Phi) is 5.39. The van der Waals surface area contributed by atoms with Gasteiger partial charge in [0.1, 0.15) is 6.54 Å². The van der Waals surface area contributed by atoms with E-state index in [-0.39, 0.29) is 12.6 Å². The molecule has 94 valence electrons. The van der Waals surface area contributed by atoms with Crippen LogP contribution in [0.5, 0.6) is 0 Å². The number of amides is 2. The van der Waals surface area contributed by atoms with Crippen molar-refractivity contribution in [3.63, 3.8) is 0 Å². The van der Waals surface area contributed by atoms with Gasteiger partial charge >= 0.3 is 11.8 Å². The first-order chi connectivity index (χ1) is 8.63. The van der Waals surface area contributed by atoms with Gasteiger partial charge in [0.15, 0.2) is 0 Å². The lowest BCUT2D eigenvalue weighted by molar-refractivity contribution is -0.139. The lowest BCUT2D eigenvalue weighted by Gasteiger charge is -2.13. The summed E-state index contributed by atoms with van der Waals surface area (Å²) in [6.45, 7) is 1.65. The fourth-order valence-corrected chi connectivity index (χ4v) is 1.51. The first kappa shape index (κ1) is 13.7. The van der Waals surface area contributed by atoms with Gasteiger partial charge in [0.2, 0.25) is 0 Å². The minimum absolute atomic E-state index is 0.146. The van der Waals surface area contributed by atoms with Crippen LogP contribution in [0.3, 0.4) is 0 Å². The molecular formula is C13H15N3O2. The maximum Gasteiger partial charge on any atom is 0.310 e. The van der Waals surface area contributed by atoms with Gasteiger partial charge in [-0.3, -0.25) is 9.59 Å². The second-order valence-corrected chi connectivity index (χ2v) is 3.91. The number of nitrogens with one attached hydrogen (secondary N) is 2. The van der Waals surface area contributed by atoms with Gasteiger partial charge in [0, 0.05) is 6.04 Å². The third kappa shape index (κ3) is 4.66. The minimum Gasteiger partial charge on any atom is -0.345 e. The lowest BCUT2D eigenvalue weighted by atomic mass is 10.1. The van der Waals surface area contributed by atoms with E-state index >= 15 is 0 Å². The fourth-order valence-electron chi connectivity index (χ4n) is 1.51. The Morgan fingerprint density at radius 2 is 1.94 bits per heavy atom. The quantitative estimate of drug-likeness (QED) is 0.594. The number of rotatable bonds is 4. The molecule has 0 radical (unpaired) electrons. The van der Waals surface area contributed by atoms with Crippen molar-refractivity contribution in [3.05, 3.63) is 35.9 Å². The Labute approximate surface area is 106 Å². The zero-order valence-corrected chi connectivity index (χ0v) is 10.1. The molecule has 0 spiro atoms. The number of carbonyl (C=O) groups is 2. The summed E-state index contributed by atoms with van der Waals surface area (Å²) in [5, 5.41) is 13.0. The summed E-state index contributed by atoms with van der Waals surface area (Å²) in [7, 11) is 0. The molecule has 5 heteroatoms. The van der Waals surface area contributed by atoms with E-state index in [1.807, 2.05) is 37.3 Å². The van der Waals surface area contributed by atoms with Crippen LogP contribution in [0.4, 0.5) is 0 Å². The summed E-state index contributed by atoms with van der Waals surface area (Å²) in [6.07, 6.45) is 0.651. The SMILES string of the molecule is CC(Cc1ccccc1)NC(=O)C(=O)NCC#N. The van der Waals surface area contributed by atoms with Gasteiger partial charge in [0.25, 0.3) is 0 Å². The smallest absolute Gasteiger partial charge is 0.310 e. The van der Waals surface area contributed by atoms with Crippen LogP contribution in [0, 0.1) is 11.3 Å². The molecule has 0 aromatic heterocycles. The van der Waals surface area contributed by atoms with E-state index in [4.69, 9.17) is 5.26 Å². The molecule has 0 saturated heterocycles. The zero-order valence-electron chi connectivity index (χ0n) is 10.1. The normalized spacial score (nSPS) is 11.1. The second kappa shape index (κ2) is 7.07. The third-order valence-electron chi connectivity index (χ3n) is 2.30. The highest BCUT2D eigenvalue weighted by atomic mass is 16.2. The Morgan fingerprint density at radius 1 is 1.28 bits per heavy atom. The molecule has 1 rings (SSSR count). The van der Waals surface area contributed by atoms with Crippen molar-refractivity contribution >= 4 is 11.8 Å². The van der Waals surface area contributed by atoms with Crippen molar-refractivity contribution in [2.24, 2.45) is 0 Å². The number of hydrogen-bond donors (Lipinski definition) is 2. The maximum atomic E-state index is 11.4. The number of nitriles is 1. The number of nitrogens with zero attached hydrogens (tertiary/aromatic N) is 1. The molecule has 2 amide bonds. The largest absolute Gasteiger partial charge is 0.345 e. The van der Waals surface area contributed by atoms with Crippen molar-refractivity contribution in [1.82, 2.24) is 10.6 Å². The van der Waals surface area contributed by atoms with Crippen LogP contribution in [-0.4, -0.2) is 24.4 Å². The van der Waals surface area contributed by atoms with E-state index in [2.05, 4.69) is 10.6 Å². The van der Waals surface area contributed by atoms with E-state index in [1.165, 1.54) is 0 Å². The summed E-state index contributed by atoms with van der Waals surface area (Å²) in [5.74, 6) is -1.50. The molecule has 0 aliphatic rings. The number of carbonyl (C=O) groups excluding carboxylic acids is 2. The van der Waals surface area contributed by atoms with Crippen LogP contribution in [0.2, 0.25) is 0 Å². The average molecular weight is 245 g/mol. The predicted octanol–water partition coefficient (Wildman–Crippen LogP) is 0.374. The van der Waals surface area contributed by atoms with Crippen LogP contribution in [0.25, 0.3) is 0 Å². The number of hydrogen-bond acceptors (Lipinski definition) is 3. The average Bonchev–Trinajstić information content (AvgIpc) is 2.36. The van der Waals surface area contributed by atoms with Crippen LogP contribution < -0.4 is 10.6 Å². The van der Waals surface area contributed by atoms with Crippen LogP contribution in [-0.2, 0) is 16.0 Å². The van der Waals surface area contributed by atoms with E-state index < -0.39 is 11.8 Å². The molecule has 0 saturated carbocycles. The molecule has 2 N–H and O–H groups in total. The Morgan fingerprint density at radius 3 is 2.56 bits per heavy atom. The molecule has 1 atom stereocenters. The molecule has 1 unspecified atom stereocenters. The molecule has 1 aromatic carbocycles. The minimum atomic E-state index is -0.781. The Balaban J connectivity index is 2.41. The summed E-state index contributed by atoms with van der Waals surface area (Å²) in [6, 6.07) is 11.3. The highest BCUT2D eigenvalue weighted by molar-refractivity contribution is 6.35. The van der Waals surface area contributed by atoms with E-state index in [1.54, 1.807) is 6.07 Å². The molecule has 0 heterocycles. The van der Waals surface area contributed by atoms with E-state index in [0.29, 0.717) is 6.42 Å². The van der Waals surface area contributed by atoms with Crippen LogP contribution in [0.1, 0.15) is 12.5 Å². The molecule has 5 nitrogen and oxygen atoms in total. The summed E-state index contributed by atoms with van der Waals surface area (Å²) in [4.78, 5) is 22.6. The topological polar surface area (TPSA) is 82.0 Å². The van der Waals surface area contributed by atoms with Gasteiger partial charge in [-0.1, -0.05) is 30.3 Å². The lowest BCUT2D eigenvalue weighted by Crippen LogP contribution is -2.44. The molecule has 18 heavy (non-hydrogen) atoms. The van der Waals surface area contributed by atoms with Crippen molar-refractivity contribution in [3.8, 4) is 6.07 Å². The first-order valence-corrected chi connectivity index (χ1v) is 5.63. The van der Waals surface area contributed by atoms with Gasteiger partial charge in [-0.25, -0.2) is 0 Å². The highest BCUT2D eigenvalue weighted by Gasteiger charge is 2.15. The van der Waals surface area contributed by atoms with Gasteiger partial charge in [-0.2, -0.15) is 5.26 Å².